The van der Waals surface area contributed by atoms with E-state index < -0.39 is 0 Å². The summed E-state index contributed by atoms with van der Waals surface area (Å²) >= 11 is 0. The van der Waals surface area contributed by atoms with Gasteiger partial charge in [-0.3, -0.25) is 9.78 Å². The molecule has 28 heavy (non-hydrogen) atoms. The van der Waals surface area contributed by atoms with Gasteiger partial charge in [-0.1, -0.05) is 41.6 Å². The van der Waals surface area contributed by atoms with Crippen molar-refractivity contribution < 1.29 is 9.32 Å². The van der Waals surface area contributed by atoms with Gasteiger partial charge in [0.05, 0.1) is 18.2 Å². The first-order valence-electron chi connectivity index (χ1n) is 9.62. The lowest BCUT2D eigenvalue weighted by molar-refractivity contribution is -0.140. The first kappa shape index (κ1) is 16.9. The Morgan fingerprint density at radius 2 is 1.89 bits per heavy atom. The van der Waals surface area contributed by atoms with Crippen molar-refractivity contribution in [2.45, 2.75) is 25.4 Å². The zero-order chi connectivity index (χ0) is 18.9. The number of fused-ring (bicyclic) bond motifs is 4. The molecule has 3 saturated heterocycles. The molecular weight excluding hydrogens is 354 g/mol. The molecule has 7 heteroatoms. The summed E-state index contributed by atoms with van der Waals surface area (Å²) in [6.45, 7) is 1.86. The van der Waals surface area contributed by atoms with Crippen LogP contribution in [0.2, 0.25) is 0 Å². The third-order valence-corrected chi connectivity index (χ3v) is 5.57. The van der Waals surface area contributed by atoms with Crippen LogP contribution in [0, 0.1) is 5.92 Å². The first-order chi connectivity index (χ1) is 13.8. The van der Waals surface area contributed by atoms with E-state index in [2.05, 4.69) is 20.0 Å². The fourth-order valence-electron chi connectivity index (χ4n) is 4.12. The normalized spacial score (nSPS) is 21.8. The van der Waals surface area contributed by atoms with Crippen LogP contribution in [-0.4, -0.2) is 45.1 Å². The molecule has 6 rings (SSSR count). The highest BCUT2D eigenvalue weighted by molar-refractivity contribution is 5.81. The minimum Gasteiger partial charge on any atom is -0.332 e. The summed E-state index contributed by atoms with van der Waals surface area (Å²) in [4.78, 5) is 26.0. The average molecular weight is 375 g/mol. The third-order valence-electron chi connectivity index (χ3n) is 5.57. The van der Waals surface area contributed by atoms with Crippen molar-refractivity contribution in [3.05, 3.63) is 60.4 Å². The number of rotatable bonds is 4. The van der Waals surface area contributed by atoms with Crippen LogP contribution >= 0.6 is 0 Å². The highest BCUT2D eigenvalue weighted by Crippen LogP contribution is 2.32. The smallest absolute Gasteiger partial charge is 0.324 e. The van der Waals surface area contributed by atoms with Crippen molar-refractivity contribution in [3.8, 4) is 11.4 Å². The number of piperidine rings is 1. The van der Waals surface area contributed by atoms with Crippen molar-refractivity contribution >= 4 is 11.9 Å². The number of carbonyl (C=O) groups excluding carboxylic acids is 1. The van der Waals surface area contributed by atoms with Crippen molar-refractivity contribution in [1.82, 2.24) is 20.0 Å². The minimum absolute atomic E-state index is 0.0467. The van der Waals surface area contributed by atoms with E-state index >= 15 is 0 Å². The van der Waals surface area contributed by atoms with E-state index in [0.29, 0.717) is 31.5 Å². The molecule has 2 bridgehead atoms. The monoisotopic (exact) mass is 375 g/mol. The molecule has 0 saturated carbocycles. The molecule has 1 amide bonds. The second-order valence-electron chi connectivity index (χ2n) is 7.39. The maximum atomic E-state index is 13.0. The Bertz CT molecular complexity index is 959. The zero-order valence-electron chi connectivity index (χ0n) is 15.4. The van der Waals surface area contributed by atoms with Crippen LogP contribution in [0.25, 0.3) is 11.4 Å². The Hall–Kier alpha value is -3.22. The molecular formula is C21H21N5O2. The quantitative estimate of drug-likeness (QED) is 0.698. The number of aromatic nitrogens is 3. The standard InChI is InChI=1S/C21H21N5O2/c27-20-16-9-10-18(26(20)13-17-8-4-5-11-22-17)14-25(12-16)21-23-19(24-28-21)15-6-2-1-3-7-15/h1-8,11,16,18H,9-10,12-14H2/t16-,18+/m0/s1. The van der Waals surface area contributed by atoms with Gasteiger partial charge in [-0.15, -0.1) is 0 Å². The number of amides is 1. The second-order valence-corrected chi connectivity index (χ2v) is 7.39. The van der Waals surface area contributed by atoms with E-state index in [4.69, 9.17) is 4.52 Å². The molecule has 3 fully saturated rings. The molecule has 3 aliphatic heterocycles. The Balaban J connectivity index is 1.38. The van der Waals surface area contributed by atoms with Gasteiger partial charge in [0, 0.05) is 30.9 Å². The largest absolute Gasteiger partial charge is 0.332 e. The van der Waals surface area contributed by atoms with Gasteiger partial charge in [0.15, 0.2) is 0 Å². The van der Waals surface area contributed by atoms with Gasteiger partial charge in [-0.05, 0) is 25.0 Å². The summed E-state index contributed by atoms with van der Waals surface area (Å²) in [5.74, 6) is 0.727. The molecule has 2 aromatic heterocycles. The molecule has 142 valence electrons. The van der Waals surface area contributed by atoms with Gasteiger partial charge in [0.25, 0.3) is 0 Å². The van der Waals surface area contributed by atoms with Crippen LogP contribution in [0.5, 0.6) is 0 Å². The molecule has 0 radical (unpaired) electrons. The average Bonchev–Trinajstić information content (AvgIpc) is 3.08. The molecule has 0 spiro atoms. The number of carbonyl (C=O) groups is 1. The van der Waals surface area contributed by atoms with Gasteiger partial charge < -0.3 is 14.3 Å². The molecule has 7 nitrogen and oxygen atoms in total. The van der Waals surface area contributed by atoms with Crippen LogP contribution in [0.3, 0.4) is 0 Å². The summed E-state index contributed by atoms with van der Waals surface area (Å²) in [6.07, 6.45) is 3.66. The topological polar surface area (TPSA) is 75.4 Å². The summed E-state index contributed by atoms with van der Waals surface area (Å²) < 4.78 is 5.55. The molecule has 0 aliphatic carbocycles. The lowest BCUT2D eigenvalue weighted by Gasteiger charge is -2.35. The van der Waals surface area contributed by atoms with E-state index in [1.807, 2.05) is 53.4 Å². The third kappa shape index (κ3) is 3.13. The Labute approximate surface area is 163 Å². The molecule has 3 aliphatic rings. The maximum Gasteiger partial charge on any atom is 0.324 e. The van der Waals surface area contributed by atoms with E-state index in [-0.39, 0.29) is 17.9 Å². The number of pyridine rings is 1. The Morgan fingerprint density at radius 3 is 2.71 bits per heavy atom. The Kier molecular flexibility index (Phi) is 4.27. The predicted octanol–water partition coefficient (Wildman–Crippen LogP) is 2.76. The first-order valence-corrected chi connectivity index (χ1v) is 9.62. The Morgan fingerprint density at radius 1 is 1.04 bits per heavy atom. The molecule has 0 unspecified atom stereocenters. The number of hydrogen-bond donors (Lipinski definition) is 0. The van der Waals surface area contributed by atoms with Crippen molar-refractivity contribution in [2.75, 3.05) is 18.0 Å². The van der Waals surface area contributed by atoms with Crippen molar-refractivity contribution in [1.29, 1.82) is 0 Å². The highest BCUT2D eigenvalue weighted by atomic mass is 16.5. The van der Waals surface area contributed by atoms with E-state index in [9.17, 15) is 4.79 Å². The summed E-state index contributed by atoms with van der Waals surface area (Å²) in [5, 5.41) is 4.13. The SMILES string of the molecule is O=C1[C@H]2CC[C@H](CN(c3nc(-c4ccccc4)no3)C2)N1Cc1ccccn1. The summed E-state index contributed by atoms with van der Waals surface area (Å²) in [5.41, 5.74) is 1.84. The number of hydrogen-bond acceptors (Lipinski definition) is 6. The van der Waals surface area contributed by atoms with Crippen molar-refractivity contribution in [3.63, 3.8) is 0 Å². The van der Waals surface area contributed by atoms with Crippen LogP contribution in [0.4, 0.5) is 6.01 Å². The lowest BCUT2D eigenvalue weighted by Crippen LogP contribution is -2.47. The van der Waals surface area contributed by atoms with Gasteiger partial charge in [0.2, 0.25) is 11.7 Å². The minimum atomic E-state index is -0.0467. The molecule has 1 aromatic carbocycles. The van der Waals surface area contributed by atoms with Gasteiger partial charge in [-0.2, -0.15) is 4.98 Å². The number of benzene rings is 1. The lowest BCUT2D eigenvalue weighted by atomic mass is 9.94. The van der Waals surface area contributed by atoms with E-state index in [0.717, 1.165) is 24.1 Å². The van der Waals surface area contributed by atoms with Gasteiger partial charge >= 0.3 is 6.01 Å². The number of nitrogens with zero attached hydrogens (tertiary/aromatic N) is 5. The number of anilines is 1. The summed E-state index contributed by atoms with van der Waals surface area (Å²) in [6, 6.07) is 16.2. The van der Waals surface area contributed by atoms with E-state index in [1.165, 1.54) is 0 Å². The van der Waals surface area contributed by atoms with Crippen LogP contribution < -0.4 is 4.90 Å². The van der Waals surface area contributed by atoms with Crippen LogP contribution in [0.15, 0.2) is 59.3 Å². The zero-order valence-corrected chi connectivity index (χ0v) is 15.4. The van der Waals surface area contributed by atoms with E-state index in [1.54, 1.807) is 6.20 Å². The highest BCUT2D eigenvalue weighted by Gasteiger charge is 2.42. The van der Waals surface area contributed by atoms with Crippen molar-refractivity contribution in [2.24, 2.45) is 5.92 Å². The van der Waals surface area contributed by atoms with Crippen LogP contribution in [-0.2, 0) is 11.3 Å². The molecule has 0 N–H and O–H groups in total. The van der Waals surface area contributed by atoms with Crippen LogP contribution in [0.1, 0.15) is 18.5 Å². The fourth-order valence-corrected chi connectivity index (χ4v) is 4.12. The predicted molar refractivity (Wildman–Crippen MR) is 103 cm³/mol. The molecule has 5 heterocycles. The summed E-state index contributed by atoms with van der Waals surface area (Å²) in [7, 11) is 0. The maximum absolute atomic E-state index is 13.0. The fraction of sp³-hybridized carbons (Fsp3) is 0.333. The molecule has 3 aromatic rings. The molecule has 2 atom stereocenters. The second kappa shape index (κ2) is 7.07. The van der Waals surface area contributed by atoms with Gasteiger partial charge in [0.1, 0.15) is 0 Å². The van der Waals surface area contributed by atoms with Gasteiger partial charge in [-0.25, -0.2) is 0 Å².